The van der Waals surface area contributed by atoms with Crippen molar-refractivity contribution < 1.29 is 19.8 Å². The molecule has 1 aromatic heterocycles. The van der Waals surface area contributed by atoms with Gasteiger partial charge < -0.3 is 20.5 Å². The molecule has 0 fully saturated rings. The minimum Gasteiger partial charge on any atom is -0.479 e. The van der Waals surface area contributed by atoms with E-state index in [4.69, 9.17) is 17.3 Å². The highest BCUT2D eigenvalue weighted by atomic mass is 35.5. The Morgan fingerprint density at radius 1 is 1.00 bits per heavy atom. The normalized spacial score (nSPS) is 12.3. The van der Waals surface area contributed by atoms with Crippen molar-refractivity contribution in [2.45, 2.75) is 12.6 Å². The topological polar surface area (TPSA) is 106 Å². The van der Waals surface area contributed by atoms with Gasteiger partial charge in [0.25, 0.3) is 0 Å². The van der Waals surface area contributed by atoms with Gasteiger partial charge in [-0.05, 0) is 23.8 Å². The highest BCUT2D eigenvalue weighted by molar-refractivity contribution is 6.37. The van der Waals surface area contributed by atoms with Crippen LogP contribution in [0, 0.1) is 0 Å². The number of aliphatic carboxylic acids is 1. The fourth-order valence-electron chi connectivity index (χ4n) is 3.75. The van der Waals surface area contributed by atoms with Crippen molar-refractivity contribution in [3.63, 3.8) is 0 Å². The molecule has 146 valence electrons. The first kappa shape index (κ1) is 19.0. The third kappa shape index (κ3) is 3.12. The molecule has 0 saturated carbocycles. The summed E-state index contributed by atoms with van der Waals surface area (Å²) in [5.74, 6) is -2.04. The number of amides is 1. The number of aromatic nitrogens is 1. The molecular formula is C22H17ClN2O4. The Hall–Kier alpha value is -3.35. The lowest BCUT2D eigenvalue weighted by molar-refractivity contribution is -0.146. The standard InChI is InChI=1S/C22H17ClN2O4/c23-15-10-9-13(20(26)22(28)29)18-17-14(21(24)27)7-4-8-16(17)25(19(15)18)11-12-5-2-1-3-6-12/h1-10,20,26H,11H2,(H2,24,27)(H,28,29). The third-order valence-corrected chi connectivity index (χ3v) is 5.30. The fraction of sp³-hybridized carbons (Fsp3) is 0.0909. The molecule has 4 N–H and O–H groups in total. The van der Waals surface area contributed by atoms with Crippen LogP contribution in [0.2, 0.25) is 5.02 Å². The quantitative estimate of drug-likeness (QED) is 0.468. The number of aliphatic hydroxyl groups excluding tert-OH is 1. The number of rotatable bonds is 5. The van der Waals surface area contributed by atoms with E-state index in [0.717, 1.165) is 5.56 Å². The number of nitrogens with zero attached hydrogens (tertiary/aromatic N) is 1. The van der Waals surface area contributed by atoms with Crippen molar-refractivity contribution in [3.8, 4) is 0 Å². The Balaban J connectivity index is 2.17. The zero-order valence-electron chi connectivity index (χ0n) is 15.2. The molecule has 29 heavy (non-hydrogen) atoms. The Labute approximate surface area is 170 Å². The van der Waals surface area contributed by atoms with Gasteiger partial charge in [0.05, 0.1) is 16.1 Å². The van der Waals surface area contributed by atoms with Gasteiger partial charge in [0.2, 0.25) is 5.91 Å². The van der Waals surface area contributed by atoms with E-state index < -0.39 is 18.0 Å². The Bertz CT molecular complexity index is 1260. The fourth-order valence-corrected chi connectivity index (χ4v) is 4.01. The smallest absolute Gasteiger partial charge is 0.337 e. The minimum absolute atomic E-state index is 0.155. The summed E-state index contributed by atoms with van der Waals surface area (Å²) in [5, 5.41) is 20.9. The number of fused-ring (bicyclic) bond motifs is 3. The third-order valence-electron chi connectivity index (χ3n) is 4.99. The number of nitrogens with two attached hydrogens (primary N) is 1. The SMILES string of the molecule is NC(=O)c1cccc2c1c1c(C(O)C(=O)O)ccc(Cl)c1n2Cc1ccccc1. The van der Waals surface area contributed by atoms with Gasteiger partial charge in [0.1, 0.15) is 0 Å². The number of benzene rings is 3. The van der Waals surface area contributed by atoms with Crippen LogP contribution in [0.25, 0.3) is 21.8 Å². The van der Waals surface area contributed by atoms with Crippen molar-refractivity contribution >= 4 is 45.3 Å². The molecule has 0 aliphatic carbocycles. The summed E-state index contributed by atoms with van der Waals surface area (Å²) in [7, 11) is 0. The highest BCUT2D eigenvalue weighted by Gasteiger charge is 2.26. The molecule has 0 aliphatic rings. The van der Waals surface area contributed by atoms with Crippen molar-refractivity contribution in [2.24, 2.45) is 5.73 Å². The van der Waals surface area contributed by atoms with Gasteiger partial charge in [-0.15, -0.1) is 0 Å². The molecule has 1 atom stereocenters. The van der Waals surface area contributed by atoms with E-state index in [1.807, 2.05) is 41.0 Å². The average molecular weight is 409 g/mol. The van der Waals surface area contributed by atoms with Crippen molar-refractivity contribution in [2.75, 3.05) is 0 Å². The molecule has 1 unspecified atom stereocenters. The van der Waals surface area contributed by atoms with E-state index in [-0.39, 0.29) is 11.1 Å². The van der Waals surface area contributed by atoms with E-state index in [0.29, 0.717) is 33.4 Å². The van der Waals surface area contributed by atoms with Crippen LogP contribution in [0.4, 0.5) is 0 Å². The molecule has 1 amide bonds. The molecule has 4 aromatic rings. The summed E-state index contributed by atoms with van der Waals surface area (Å²) in [6.45, 7) is 0.440. The summed E-state index contributed by atoms with van der Waals surface area (Å²) in [4.78, 5) is 23.6. The summed E-state index contributed by atoms with van der Waals surface area (Å²) in [5.41, 5.74) is 8.20. The maximum absolute atomic E-state index is 12.1. The number of hydrogen-bond acceptors (Lipinski definition) is 3. The Kier molecular flexibility index (Phi) is 4.74. The second-order valence-electron chi connectivity index (χ2n) is 6.74. The maximum Gasteiger partial charge on any atom is 0.337 e. The van der Waals surface area contributed by atoms with Crippen LogP contribution in [-0.2, 0) is 11.3 Å². The van der Waals surface area contributed by atoms with Crippen molar-refractivity contribution in [1.82, 2.24) is 4.57 Å². The largest absolute Gasteiger partial charge is 0.479 e. The molecule has 0 aliphatic heterocycles. The number of carbonyl (C=O) groups is 2. The van der Waals surface area contributed by atoms with E-state index in [2.05, 4.69) is 0 Å². The van der Waals surface area contributed by atoms with Crippen LogP contribution in [-0.4, -0.2) is 26.7 Å². The molecule has 0 spiro atoms. The molecular weight excluding hydrogens is 392 g/mol. The summed E-state index contributed by atoms with van der Waals surface area (Å²) < 4.78 is 1.91. The lowest BCUT2D eigenvalue weighted by Crippen LogP contribution is -2.12. The van der Waals surface area contributed by atoms with Gasteiger partial charge >= 0.3 is 5.97 Å². The van der Waals surface area contributed by atoms with Gasteiger partial charge in [-0.1, -0.05) is 54.1 Å². The van der Waals surface area contributed by atoms with E-state index in [1.165, 1.54) is 6.07 Å². The molecule has 0 bridgehead atoms. The highest BCUT2D eigenvalue weighted by Crippen LogP contribution is 2.40. The number of carbonyl (C=O) groups excluding carboxylic acids is 1. The first-order valence-electron chi connectivity index (χ1n) is 8.88. The minimum atomic E-state index is -1.77. The Morgan fingerprint density at radius 3 is 2.38 bits per heavy atom. The van der Waals surface area contributed by atoms with Crippen molar-refractivity contribution in [3.05, 3.63) is 82.4 Å². The molecule has 7 heteroatoms. The second-order valence-corrected chi connectivity index (χ2v) is 7.14. The monoisotopic (exact) mass is 408 g/mol. The van der Waals surface area contributed by atoms with Gasteiger partial charge in [0.15, 0.2) is 6.10 Å². The van der Waals surface area contributed by atoms with Gasteiger partial charge in [-0.25, -0.2) is 4.79 Å². The predicted molar refractivity (Wildman–Crippen MR) is 111 cm³/mol. The lowest BCUT2D eigenvalue weighted by atomic mass is 9.99. The van der Waals surface area contributed by atoms with Crippen LogP contribution in [0.5, 0.6) is 0 Å². The van der Waals surface area contributed by atoms with E-state index in [9.17, 15) is 19.8 Å². The number of carboxylic acids is 1. The average Bonchev–Trinajstić information content (AvgIpc) is 3.04. The molecule has 6 nitrogen and oxygen atoms in total. The molecule has 1 heterocycles. The van der Waals surface area contributed by atoms with E-state index in [1.54, 1.807) is 18.2 Å². The van der Waals surface area contributed by atoms with Crippen LogP contribution in [0.1, 0.15) is 27.6 Å². The van der Waals surface area contributed by atoms with Crippen LogP contribution in [0.15, 0.2) is 60.7 Å². The van der Waals surface area contributed by atoms with Crippen molar-refractivity contribution in [1.29, 1.82) is 0 Å². The van der Waals surface area contributed by atoms with Gasteiger partial charge in [-0.2, -0.15) is 0 Å². The number of aliphatic hydroxyl groups is 1. The summed E-state index contributed by atoms with van der Waals surface area (Å²) in [6, 6.07) is 17.8. The van der Waals surface area contributed by atoms with Crippen LogP contribution in [0.3, 0.4) is 0 Å². The molecule has 0 radical (unpaired) electrons. The number of hydrogen-bond donors (Lipinski definition) is 3. The first-order chi connectivity index (χ1) is 13.9. The predicted octanol–water partition coefficient (Wildman–Crippen LogP) is 3.71. The number of primary amides is 1. The zero-order valence-corrected chi connectivity index (χ0v) is 15.9. The lowest BCUT2D eigenvalue weighted by Gasteiger charge is -2.11. The Morgan fingerprint density at radius 2 is 1.72 bits per heavy atom. The van der Waals surface area contributed by atoms with Crippen LogP contribution >= 0.6 is 11.6 Å². The van der Waals surface area contributed by atoms with Crippen LogP contribution < -0.4 is 5.73 Å². The van der Waals surface area contributed by atoms with Gasteiger partial charge in [-0.3, -0.25) is 4.79 Å². The molecule has 0 saturated heterocycles. The molecule has 3 aromatic carbocycles. The molecule has 4 rings (SSSR count). The zero-order chi connectivity index (χ0) is 20.7. The maximum atomic E-state index is 12.1. The second kappa shape index (κ2) is 7.24. The number of carboxylic acid groups (broad SMARTS) is 1. The van der Waals surface area contributed by atoms with E-state index >= 15 is 0 Å². The van der Waals surface area contributed by atoms with Gasteiger partial charge in [0, 0.05) is 28.4 Å². The number of halogens is 1. The first-order valence-corrected chi connectivity index (χ1v) is 9.26. The summed E-state index contributed by atoms with van der Waals surface area (Å²) >= 11 is 6.52. The summed E-state index contributed by atoms with van der Waals surface area (Å²) in [6.07, 6.45) is -1.77.